The van der Waals surface area contributed by atoms with Crippen molar-refractivity contribution in [3.8, 4) is 0 Å². The van der Waals surface area contributed by atoms with E-state index in [9.17, 15) is 4.79 Å². The van der Waals surface area contributed by atoms with Crippen molar-refractivity contribution in [1.29, 1.82) is 0 Å². The number of carbonyl (C=O) groups is 1. The van der Waals surface area contributed by atoms with Crippen LogP contribution in [0.25, 0.3) is 0 Å². The van der Waals surface area contributed by atoms with E-state index in [-0.39, 0.29) is 11.9 Å². The van der Waals surface area contributed by atoms with Crippen molar-refractivity contribution in [2.45, 2.75) is 65.6 Å². The summed E-state index contributed by atoms with van der Waals surface area (Å²) in [6.45, 7) is 10.0. The van der Waals surface area contributed by atoms with Gasteiger partial charge in [-0.2, -0.15) is 5.10 Å². The number of hydrogen-bond donors (Lipinski definition) is 2. The molecular formula is C15H26N4O. The summed E-state index contributed by atoms with van der Waals surface area (Å²) in [5.74, 6) is 0.0291. The van der Waals surface area contributed by atoms with Crippen LogP contribution in [0.5, 0.6) is 0 Å². The molecule has 0 bridgehead atoms. The first-order valence-electron chi connectivity index (χ1n) is 7.61. The molecular weight excluding hydrogens is 252 g/mol. The number of nitrogens with zero attached hydrogens (tertiary/aromatic N) is 2. The summed E-state index contributed by atoms with van der Waals surface area (Å²) >= 11 is 0. The number of rotatable bonds is 4. The van der Waals surface area contributed by atoms with Crippen LogP contribution in [0.4, 0.5) is 0 Å². The van der Waals surface area contributed by atoms with Crippen LogP contribution in [0.3, 0.4) is 0 Å². The van der Waals surface area contributed by atoms with Gasteiger partial charge in [0.15, 0.2) is 0 Å². The van der Waals surface area contributed by atoms with Gasteiger partial charge < -0.3 is 10.6 Å². The molecule has 2 unspecified atom stereocenters. The van der Waals surface area contributed by atoms with Crippen LogP contribution >= 0.6 is 0 Å². The highest BCUT2D eigenvalue weighted by molar-refractivity contribution is 5.96. The molecule has 0 saturated carbocycles. The van der Waals surface area contributed by atoms with Crippen LogP contribution in [-0.2, 0) is 6.54 Å². The van der Waals surface area contributed by atoms with E-state index in [0.29, 0.717) is 6.04 Å². The number of aromatic nitrogens is 2. The maximum atomic E-state index is 12.5. The molecule has 1 aliphatic heterocycles. The fourth-order valence-corrected chi connectivity index (χ4v) is 2.98. The lowest BCUT2D eigenvalue weighted by atomic mass is 10.00. The molecule has 0 aromatic carbocycles. The van der Waals surface area contributed by atoms with Gasteiger partial charge in [0.05, 0.1) is 11.3 Å². The Balaban J connectivity index is 2.09. The van der Waals surface area contributed by atoms with Crippen molar-refractivity contribution in [2.24, 2.45) is 0 Å². The molecule has 0 aliphatic carbocycles. The monoisotopic (exact) mass is 278 g/mol. The molecule has 2 rings (SSSR count). The van der Waals surface area contributed by atoms with Gasteiger partial charge >= 0.3 is 0 Å². The van der Waals surface area contributed by atoms with E-state index in [0.717, 1.165) is 49.3 Å². The predicted molar refractivity (Wildman–Crippen MR) is 79.9 cm³/mol. The quantitative estimate of drug-likeness (QED) is 0.882. The van der Waals surface area contributed by atoms with Gasteiger partial charge in [0.25, 0.3) is 5.91 Å². The number of piperidine rings is 1. The van der Waals surface area contributed by atoms with Crippen LogP contribution in [0, 0.1) is 13.8 Å². The van der Waals surface area contributed by atoms with Crippen LogP contribution < -0.4 is 10.6 Å². The van der Waals surface area contributed by atoms with Gasteiger partial charge in [0.2, 0.25) is 0 Å². The Labute approximate surface area is 121 Å². The second kappa shape index (κ2) is 6.39. The van der Waals surface area contributed by atoms with Gasteiger partial charge in [-0.25, -0.2) is 0 Å². The zero-order valence-corrected chi connectivity index (χ0v) is 13.0. The maximum absolute atomic E-state index is 12.5. The van der Waals surface area contributed by atoms with Gasteiger partial charge in [0, 0.05) is 24.3 Å². The van der Waals surface area contributed by atoms with E-state index in [4.69, 9.17) is 0 Å². The highest BCUT2D eigenvalue weighted by atomic mass is 16.1. The first-order valence-corrected chi connectivity index (χ1v) is 7.61. The molecule has 1 fully saturated rings. The van der Waals surface area contributed by atoms with E-state index >= 15 is 0 Å². The Hall–Kier alpha value is -1.36. The normalized spacial score (nSPS) is 22.8. The van der Waals surface area contributed by atoms with Gasteiger partial charge in [-0.3, -0.25) is 9.48 Å². The Morgan fingerprint density at radius 1 is 1.50 bits per heavy atom. The summed E-state index contributed by atoms with van der Waals surface area (Å²) in [6, 6.07) is 0.742. The minimum Gasteiger partial charge on any atom is -0.349 e. The molecule has 1 aromatic heterocycles. The van der Waals surface area contributed by atoms with E-state index in [1.54, 1.807) is 0 Å². The summed E-state index contributed by atoms with van der Waals surface area (Å²) in [5.41, 5.74) is 2.56. The van der Waals surface area contributed by atoms with Gasteiger partial charge in [-0.05, 0) is 46.6 Å². The topological polar surface area (TPSA) is 59.0 Å². The summed E-state index contributed by atoms with van der Waals surface area (Å²) in [7, 11) is 0. The number of nitrogens with one attached hydrogen (secondary N) is 2. The molecule has 1 saturated heterocycles. The van der Waals surface area contributed by atoms with Crippen molar-refractivity contribution in [1.82, 2.24) is 20.4 Å². The molecule has 1 amide bonds. The molecule has 2 heterocycles. The highest BCUT2D eigenvalue weighted by Gasteiger charge is 2.24. The molecule has 20 heavy (non-hydrogen) atoms. The van der Waals surface area contributed by atoms with Crippen LogP contribution in [0.15, 0.2) is 0 Å². The molecule has 1 aromatic rings. The second-order valence-corrected chi connectivity index (χ2v) is 5.82. The zero-order chi connectivity index (χ0) is 14.7. The predicted octanol–water partition coefficient (Wildman–Crippen LogP) is 1.78. The van der Waals surface area contributed by atoms with Crippen molar-refractivity contribution in [2.75, 3.05) is 6.54 Å². The number of amides is 1. The van der Waals surface area contributed by atoms with Gasteiger partial charge in [0.1, 0.15) is 0 Å². The van der Waals surface area contributed by atoms with E-state index in [1.165, 1.54) is 0 Å². The third kappa shape index (κ3) is 3.20. The lowest BCUT2D eigenvalue weighted by Crippen LogP contribution is -2.46. The SMILES string of the molecule is CCCn1nc(C)c(C(=O)NC2CCNC(C)C2)c1C. The Morgan fingerprint density at radius 3 is 2.90 bits per heavy atom. The lowest BCUT2D eigenvalue weighted by Gasteiger charge is -2.28. The van der Waals surface area contributed by atoms with E-state index < -0.39 is 0 Å². The fourth-order valence-electron chi connectivity index (χ4n) is 2.98. The average Bonchev–Trinajstić information content (AvgIpc) is 2.65. The summed E-state index contributed by atoms with van der Waals surface area (Å²) in [6.07, 6.45) is 3.01. The Morgan fingerprint density at radius 2 is 2.25 bits per heavy atom. The van der Waals surface area contributed by atoms with Crippen LogP contribution in [-0.4, -0.2) is 34.3 Å². The molecule has 2 N–H and O–H groups in total. The Kier molecular flexibility index (Phi) is 4.81. The maximum Gasteiger partial charge on any atom is 0.255 e. The van der Waals surface area contributed by atoms with Gasteiger partial charge in [-0.1, -0.05) is 6.92 Å². The van der Waals surface area contributed by atoms with Crippen molar-refractivity contribution < 1.29 is 4.79 Å². The largest absolute Gasteiger partial charge is 0.349 e. The van der Waals surface area contributed by atoms with E-state index in [2.05, 4.69) is 29.6 Å². The summed E-state index contributed by atoms with van der Waals surface area (Å²) in [5, 5.41) is 11.0. The smallest absolute Gasteiger partial charge is 0.255 e. The fraction of sp³-hybridized carbons (Fsp3) is 0.733. The van der Waals surface area contributed by atoms with Crippen molar-refractivity contribution in [3.63, 3.8) is 0 Å². The molecule has 0 radical (unpaired) electrons. The zero-order valence-electron chi connectivity index (χ0n) is 13.0. The second-order valence-electron chi connectivity index (χ2n) is 5.82. The van der Waals surface area contributed by atoms with Gasteiger partial charge in [-0.15, -0.1) is 0 Å². The Bertz CT molecular complexity index is 480. The molecule has 2 atom stereocenters. The molecule has 1 aliphatic rings. The third-order valence-electron chi connectivity index (χ3n) is 4.00. The average molecular weight is 278 g/mol. The van der Waals surface area contributed by atoms with Crippen molar-refractivity contribution in [3.05, 3.63) is 17.0 Å². The minimum absolute atomic E-state index is 0.0291. The van der Waals surface area contributed by atoms with Crippen molar-refractivity contribution >= 4 is 5.91 Å². The highest BCUT2D eigenvalue weighted by Crippen LogP contribution is 2.15. The number of carbonyl (C=O) groups excluding carboxylic acids is 1. The third-order valence-corrected chi connectivity index (χ3v) is 4.00. The summed E-state index contributed by atoms with van der Waals surface area (Å²) in [4.78, 5) is 12.5. The minimum atomic E-state index is 0.0291. The first kappa shape index (κ1) is 15.0. The summed E-state index contributed by atoms with van der Waals surface area (Å²) < 4.78 is 1.94. The number of hydrogen-bond acceptors (Lipinski definition) is 3. The standard InChI is InChI=1S/C15H26N4O/c1-5-8-19-12(4)14(11(3)18-19)15(20)17-13-6-7-16-10(2)9-13/h10,13,16H,5-9H2,1-4H3,(H,17,20). The first-order chi connectivity index (χ1) is 9.52. The van der Waals surface area contributed by atoms with E-state index in [1.807, 2.05) is 18.5 Å². The lowest BCUT2D eigenvalue weighted by molar-refractivity contribution is 0.0924. The molecule has 0 spiro atoms. The van der Waals surface area contributed by atoms with Crippen LogP contribution in [0.2, 0.25) is 0 Å². The number of aryl methyl sites for hydroxylation is 2. The molecule has 112 valence electrons. The molecule has 5 heteroatoms. The van der Waals surface area contributed by atoms with Crippen LogP contribution in [0.1, 0.15) is 54.9 Å². The molecule has 5 nitrogen and oxygen atoms in total.